The average molecular weight is 711 g/mol. The van der Waals surface area contributed by atoms with Crippen molar-refractivity contribution in [1.29, 1.82) is 0 Å². The summed E-state index contributed by atoms with van der Waals surface area (Å²) in [7, 11) is -2.79. The Labute approximate surface area is 257 Å². The van der Waals surface area contributed by atoms with Crippen LogP contribution in [0.5, 0.6) is 0 Å². The van der Waals surface area contributed by atoms with Gasteiger partial charge in [-0.15, -0.1) is 9.62 Å². The van der Waals surface area contributed by atoms with E-state index in [0.717, 1.165) is 21.9 Å². The van der Waals surface area contributed by atoms with E-state index in [1.165, 1.54) is 0 Å². The van der Waals surface area contributed by atoms with Gasteiger partial charge in [0.15, 0.2) is 47.1 Å². The van der Waals surface area contributed by atoms with Crippen LogP contribution in [0.25, 0.3) is 22.3 Å². The molecule has 3 aliphatic rings. The van der Waals surface area contributed by atoms with E-state index < -0.39 is 86.5 Å². The largest absolute Gasteiger partial charge is 0.583 e. The van der Waals surface area contributed by atoms with Crippen molar-refractivity contribution >= 4 is 66.3 Å². The molecule has 26 heteroatoms. The number of thiol groups is 1. The third-order valence-electron chi connectivity index (χ3n) is 7.44. The number of ether oxygens (including phenoxy) is 2. The van der Waals surface area contributed by atoms with Crippen LogP contribution in [0.3, 0.4) is 0 Å². The van der Waals surface area contributed by atoms with Crippen LogP contribution in [0.4, 0.5) is 14.7 Å². The van der Waals surface area contributed by atoms with Crippen molar-refractivity contribution < 1.29 is 46.4 Å². The van der Waals surface area contributed by atoms with Crippen molar-refractivity contribution in [3.8, 4) is 0 Å². The number of hydrogen-bond donors (Lipinski definition) is 6. The molecule has 1 aliphatic carbocycles. The maximum absolute atomic E-state index is 16.1. The summed E-state index contributed by atoms with van der Waals surface area (Å²) in [6.45, 7) is -5.39. The molecule has 4 aromatic rings. The summed E-state index contributed by atoms with van der Waals surface area (Å²) in [6.07, 6.45) is -11.5. The summed E-state index contributed by atoms with van der Waals surface area (Å²) in [5.41, 5.74) is 1.48. The van der Waals surface area contributed by atoms with E-state index in [4.69, 9.17) is 40.6 Å². The van der Waals surface area contributed by atoms with E-state index in [2.05, 4.69) is 47.5 Å². The highest BCUT2D eigenvalue weighted by molar-refractivity contribution is 8.39. The molecular weight excluding hydrogens is 692 g/mol. The number of aliphatic hydroxyl groups is 1. The first kappa shape index (κ1) is 30.7. The number of H-pyrrole nitrogens is 2. The van der Waals surface area contributed by atoms with Gasteiger partial charge in [0.1, 0.15) is 36.7 Å². The minimum atomic E-state index is -4.57. The Bertz CT molecular complexity index is 2020. The van der Waals surface area contributed by atoms with Crippen molar-refractivity contribution in [3.63, 3.8) is 0 Å². The van der Waals surface area contributed by atoms with Gasteiger partial charge in [0.05, 0.1) is 19.3 Å². The number of nitrogens with zero attached hydrogens (tertiary/aromatic N) is 7. The number of imidazole rings is 1. The van der Waals surface area contributed by atoms with Crippen LogP contribution < -0.4 is 16.9 Å². The molecule has 2 aliphatic heterocycles. The topological polar surface area (TPSA) is 270 Å². The lowest BCUT2D eigenvalue weighted by Crippen LogP contribution is -2.36. The Morgan fingerprint density at radius 2 is 1.98 bits per heavy atom. The van der Waals surface area contributed by atoms with Gasteiger partial charge in [0.25, 0.3) is 11.1 Å². The molecule has 6 N–H and O–H groups in total. The summed E-state index contributed by atoms with van der Waals surface area (Å²) < 4.78 is 73.2. The van der Waals surface area contributed by atoms with E-state index in [9.17, 15) is 24.2 Å². The number of fused-ring (bicyclic) bond motifs is 3. The van der Waals surface area contributed by atoms with Gasteiger partial charge in [-0.1, -0.05) is 5.21 Å². The number of anilines is 1. The van der Waals surface area contributed by atoms with E-state index in [1.807, 2.05) is 0 Å². The van der Waals surface area contributed by atoms with Crippen molar-refractivity contribution in [2.75, 3.05) is 12.3 Å². The zero-order chi connectivity index (χ0) is 32.0. The number of alkyl halides is 2. The third-order valence-corrected chi connectivity index (χ3v) is 9.68. The number of rotatable bonds is 9. The van der Waals surface area contributed by atoms with E-state index in [0.29, 0.717) is 0 Å². The SMILES string of the molecule is Nc1nc2c(ncn2[C@@H]2O[C@H](CO)[C@@H](F)[C@H]2OP(O)(=S)OC2[C@H]3O[C@@H](n4nnc5c(=O)[nH]cnc54)[C@H](F)[C@@]23O[P+](=O)S)c(=O)[nH]1. The molecule has 11 atom stereocenters. The Kier molecular flexibility index (Phi) is 7.41. The lowest BCUT2D eigenvalue weighted by atomic mass is 10.1. The standard InChI is InChI=1S/C19H18F2N10O10P2S2/c20-5-4(1-32)37-16(30-3-25-6-13(30)26-18(22)27-15(6)34)8(5)39-43(36,45)40-11-10-19(11,41-42(35)44)9(21)17(38-10)31-12-7(28-29-31)14(33)24-2-23-12/h2-5,8-11,16-17,32H,1H2,(H5-,22,23,24,26,27,29,33,34,35,36,44,45)/p+1/t4-,5-,8-,9+,10-,11?,16-,17-,19+,43?/m1/s1. The Morgan fingerprint density at radius 1 is 1.20 bits per heavy atom. The average Bonchev–Trinajstić information content (AvgIpc) is 3.47. The fourth-order valence-corrected chi connectivity index (χ4v) is 8.16. The zero-order valence-electron chi connectivity index (χ0n) is 21.9. The number of nitrogens with two attached hydrogens (primary N) is 1. The molecule has 1 saturated carbocycles. The van der Waals surface area contributed by atoms with Crippen LogP contribution in [0.15, 0.2) is 22.2 Å². The molecule has 3 fully saturated rings. The van der Waals surface area contributed by atoms with Crippen molar-refractivity contribution in [3.05, 3.63) is 33.4 Å². The number of nitrogens with one attached hydrogen (secondary N) is 2. The highest BCUT2D eigenvalue weighted by Gasteiger charge is 2.85. The predicted molar refractivity (Wildman–Crippen MR) is 150 cm³/mol. The normalized spacial score (nSPS) is 34.3. The van der Waals surface area contributed by atoms with E-state index in [-0.39, 0.29) is 28.3 Å². The molecule has 7 rings (SSSR count). The van der Waals surface area contributed by atoms with Crippen LogP contribution in [0.1, 0.15) is 12.5 Å². The smallest absolute Gasteiger partial charge is 0.394 e. The van der Waals surface area contributed by atoms with Crippen molar-refractivity contribution in [1.82, 2.24) is 44.5 Å². The molecule has 0 radical (unpaired) electrons. The fraction of sp³-hybridized carbons (Fsp3) is 0.526. The summed E-state index contributed by atoms with van der Waals surface area (Å²) in [4.78, 5) is 51.7. The van der Waals surface area contributed by atoms with Gasteiger partial charge >= 0.3 is 13.9 Å². The number of aromatic amines is 2. The summed E-state index contributed by atoms with van der Waals surface area (Å²) >= 11 is 8.84. The maximum Gasteiger partial charge on any atom is 0.583 e. The number of nitrogen functional groups attached to an aromatic ring is 1. The van der Waals surface area contributed by atoms with Crippen LogP contribution in [-0.2, 0) is 39.4 Å². The Balaban J connectivity index is 1.15. The lowest BCUT2D eigenvalue weighted by molar-refractivity contribution is -0.0654. The number of aliphatic hydroxyl groups excluding tert-OH is 1. The minimum absolute atomic E-state index is 0.129. The van der Waals surface area contributed by atoms with E-state index in [1.54, 1.807) is 0 Å². The van der Waals surface area contributed by atoms with Crippen LogP contribution in [0, 0.1) is 0 Å². The highest BCUT2D eigenvalue weighted by Crippen LogP contribution is 2.67. The molecule has 45 heavy (non-hydrogen) atoms. The van der Waals surface area contributed by atoms with Crippen LogP contribution in [0.2, 0.25) is 0 Å². The minimum Gasteiger partial charge on any atom is -0.394 e. The highest BCUT2D eigenvalue weighted by atomic mass is 32.7. The molecule has 0 bridgehead atoms. The lowest BCUT2D eigenvalue weighted by Gasteiger charge is -2.27. The first-order valence-electron chi connectivity index (χ1n) is 12.6. The van der Waals surface area contributed by atoms with E-state index >= 15 is 8.78 Å². The monoisotopic (exact) mass is 711 g/mol. The summed E-state index contributed by atoms with van der Waals surface area (Å²) in [5, 5.41) is 17.1. The second-order valence-corrected chi connectivity index (χ2v) is 14.4. The Morgan fingerprint density at radius 3 is 2.71 bits per heavy atom. The summed E-state index contributed by atoms with van der Waals surface area (Å²) in [6, 6.07) is 0. The number of halogens is 2. The molecular formula is C19H19F2N10O10P2S2+. The fourth-order valence-electron chi connectivity index (χ4n) is 5.44. The van der Waals surface area contributed by atoms with Gasteiger partial charge in [0, 0.05) is 0 Å². The first-order chi connectivity index (χ1) is 21.4. The first-order valence-corrected chi connectivity index (χ1v) is 17.5. The van der Waals surface area contributed by atoms with Gasteiger partial charge in [-0.2, -0.15) is 9.67 Å². The predicted octanol–water partition coefficient (Wildman–Crippen LogP) is -0.963. The van der Waals surface area contributed by atoms with Crippen LogP contribution >= 0.6 is 26.2 Å². The van der Waals surface area contributed by atoms with Crippen LogP contribution in [-0.4, -0.2) is 103 Å². The molecule has 0 aromatic carbocycles. The summed E-state index contributed by atoms with van der Waals surface area (Å²) in [5.74, 6) is -0.288. The molecule has 3 unspecified atom stereocenters. The second kappa shape index (κ2) is 10.8. The zero-order valence-corrected chi connectivity index (χ0v) is 25.4. The van der Waals surface area contributed by atoms with Gasteiger partial charge in [-0.25, -0.2) is 18.7 Å². The molecule has 0 spiro atoms. The molecule has 6 heterocycles. The molecule has 240 valence electrons. The van der Waals surface area contributed by atoms with Crippen molar-refractivity contribution in [2.45, 2.75) is 54.8 Å². The number of aromatic nitrogens is 9. The second-order valence-electron chi connectivity index (χ2n) is 10.0. The molecule has 2 saturated heterocycles. The Hall–Kier alpha value is -2.89. The molecule has 4 aromatic heterocycles. The van der Waals surface area contributed by atoms with Crippen molar-refractivity contribution in [2.24, 2.45) is 0 Å². The third kappa shape index (κ3) is 4.83. The number of hydrogen-bond acceptors (Lipinski definition) is 16. The quantitative estimate of drug-likeness (QED) is 0.0901. The molecule has 20 nitrogen and oxygen atoms in total. The van der Waals surface area contributed by atoms with Gasteiger partial charge in [-0.05, 0) is 16.4 Å². The van der Waals surface area contributed by atoms with Gasteiger partial charge < -0.3 is 30.2 Å². The maximum atomic E-state index is 16.1. The van der Waals surface area contributed by atoms with Gasteiger partial charge in [0.2, 0.25) is 11.5 Å². The van der Waals surface area contributed by atoms with Gasteiger partial charge in [-0.3, -0.25) is 28.2 Å². The molecule has 0 amide bonds.